The van der Waals surface area contributed by atoms with E-state index >= 15 is 0 Å². The molecule has 0 fully saturated rings. The van der Waals surface area contributed by atoms with Crippen LogP contribution < -0.4 is 0 Å². The summed E-state index contributed by atoms with van der Waals surface area (Å²) in [6.07, 6.45) is 8.61. The minimum atomic E-state index is -0.0299. The lowest BCUT2D eigenvalue weighted by atomic mass is 9.75. The predicted octanol–water partition coefficient (Wildman–Crippen LogP) is 5.56. The van der Waals surface area contributed by atoms with Crippen LogP contribution in [-0.4, -0.2) is 16.5 Å². The van der Waals surface area contributed by atoms with Gasteiger partial charge in [-0.15, -0.1) is 0 Å². The highest BCUT2D eigenvalue weighted by Gasteiger charge is 2.32. The third-order valence-corrected chi connectivity index (χ3v) is 6.49. The second-order valence-electron chi connectivity index (χ2n) is 8.68. The van der Waals surface area contributed by atoms with Crippen molar-refractivity contribution < 1.29 is 9.59 Å². The second kappa shape index (κ2) is 8.43. The molecule has 1 heterocycles. The normalized spacial score (nSPS) is 20.7. The molecular formula is C27H29NO2. The minimum Gasteiger partial charge on any atom is -0.350 e. The molecule has 2 aliphatic rings. The summed E-state index contributed by atoms with van der Waals surface area (Å²) in [6, 6.07) is 14.5. The summed E-state index contributed by atoms with van der Waals surface area (Å²) in [6.45, 7) is 6.52. The maximum Gasteiger partial charge on any atom is 0.166 e. The molecule has 0 saturated heterocycles. The Labute approximate surface area is 179 Å². The summed E-state index contributed by atoms with van der Waals surface area (Å²) in [5.41, 5.74) is 6.47. The van der Waals surface area contributed by atoms with E-state index in [1.165, 1.54) is 22.3 Å². The van der Waals surface area contributed by atoms with E-state index in [9.17, 15) is 9.59 Å². The average molecular weight is 400 g/mol. The zero-order valence-corrected chi connectivity index (χ0v) is 18.0. The number of benzene rings is 2. The smallest absolute Gasteiger partial charge is 0.166 e. The lowest BCUT2D eigenvalue weighted by Gasteiger charge is -2.30. The summed E-state index contributed by atoms with van der Waals surface area (Å²) < 4.78 is 0. The third kappa shape index (κ3) is 4.16. The van der Waals surface area contributed by atoms with Crippen molar-refractivity contribution in [2.45, 2.75) is 46.6 Å². The maximum atomic E-state index is 13.2. The van der Waals surface area contributed by atoms with E-state index in [2.05, 4.69) is 55.3 Å². The minimum absolute atomic E-state index is 0.00318. The fourth-order valence-electron chi connectivity index (χ4n) is 4.61. The first kappa shape index (κ1) is 20.3. The van der Waals surface area contributed by atoms with Crippen LogP contribution in [0, 0.1) is 25.7 Å². The van der Waals surface area contributed by atoms with E-state index in [1.54, 1.807) is 6.92 Å². The van der Waals surface area contributed by atoms with Gasteiger partial charge in [0.1, 0.15) is 0 Å². The van der Waals surface area contributed by atoms with E-state index in [4.69, 9.17) is 0 Å². The quantitative estimate of drug-likeness (QED) is 0.661. The van der Waals surface area contributed by atoms with Crippen LogP contribution in [0.2, 0.25) is 0 Å². The van der Waals surface area contributed by atoms with Gasteiger partial charge in [0.2, 0.25) is 0 Å². The predicted molar refractivity (Wildman–Crippen MR) is 120 cm³/mol. The van der Waals surface area contributed by atoms with Gasteiger partial charge >= 0.3 is 0 Å². The molecule has 0 bridgehead atoms. The molecule has 0 aromatic heterocycles. The number of hydrogen-bond acceptors (Lipinski definition) is 3. The molecule has 30 heavy (non-hydrogen) atoms. The lowest BCUT2D eigenvalue weighted by molar-refractivity contribution is -0.114. The van der Waals surface area contributed by atoms with Crippen LogP contribution in [0.15, 0.2) is 66.5 Å². The lowest BCUT2D eigenvalue weighted by Crippen LogP contribution is -2.28. The topological polar surface area (TPSA) is 37.4 Å². The van der Waals surface area contributed by atoms with Crippen LogP contribution in [0.5, 0.6) is 0 Å². The number of allylic oxidation sites excluding steroid dienone is 2. The molecule has 1 aliphatic heterocycles. The second-order valence-corrected chi connectivity index (χ2v) is 8.68. The molecule has 3 heteroatoms. The first-order valence-electron chi connectivity index (χ1n) is 10.8. The number of nitrogens with zero attached hydrogens (tertiary/aromatic N) is 1. The molecule has 0 radical (unpaired) electrons. The highest BCUT2D eigenvalue weighted by molar-refractivity contribution is 6.01. The van der Waals surface area contributed by atoms with Gasteiger partial charge in [-0.2, -0.15) is 0 Å². The SMILES string of the molecule is CC(=O)C1=CN(Cc2ccccc2)C=CC1CC1CCc2cc(C)c(C)cc2C1=O. The van der Waals surface area contributed by atoms with Crippen molar-refractivity contribution in [3.05, 3.63) is 94.3 Å². The fraction of sp³-hybridized carbons (Fsp3) is 0.333. The van der Waals surface area contributed by atoms with Crippen molar-refractivity contribution >= 4 is 11.6 Å². The van der Waals surface area contributed by atoms with Gasteiger partial charge in [0, 0.05) is 41.9 Å². The highest BCUT2D eigenvalue weighted by atomic mass is 16.1. The fourth-order valence-corrected chi connectivity index (χ4v) is 4.61. The Kier molecular flexibility index (Phi) is 5.72. The zero-order chi connectivity index (χ0) is 21.3. The van der Waals surface area contributed by atoms with Gasteiger partial charge in [-0.3, -0.25) is 9.59 Å². The molecule has 154 valence electrons. The van der Waals surface area contributed by atoms with Crippen molar-refractivity contribution in [3.63, 3.8) is 0 Å². The van der Waals surface area contributed by atoms with Crippen LogP contribution in [0.1, 0.15) is 52.4 Å². The average Bonchev–Trinajstić information content (AvgIpc) is 2.73. The van der Waals surface area contributed by atoms with Crippen LogP contribution in [0.3, 0.4) is 0 Å². The zero-order valence-electron chi connectivity index (χ0n) is 18.0. The molecule has 2 unspecified atom stereocenters. The Bertz CT molecular complexity index is 1030. The number of carbonyl (C=O) groups is 2. The molecule has 2 aromatic rings. The van der Waals surface area contributed by atoms with Crippen LogP contribution in [0.4, 0.5) is 0 Å². The van der Waals surface area contributed by atoms with Gasteiger partial charge in [0.05, 0.1) is 0 Å². The van der Waals surface area contributed by atoms with Gasteiger partial charge in [0.25, 0.3) is 0 Å². The third-order valence-electron chi connectivity index (χ3n) is 6.49. The number of ketones is 2. The Morgan fingerprint density at radius 1 is 1.10 bits per heavy atom. The standard InChI is InChI=1S/C27H29NO2/c1-18-13-22-9-10-24(27(30)25(22)14-19(18)2)15-23-11-12-28(17-26(23)20(3)29)16-21-7-5-4-6-8-21/h4-8,11-14,17,23-24H,9-10,15-16H2,1-3H3. The first-order valence-corrected chi connectivity index (χ1v) is 10.8. The van der Waals surface area contributed by atoms with Gasteiger partial charge in [-0.25, -0.2) is 0 Å². The number of hydrogen-bond donors (Lipinski definition) is 0. The molecule has 2 atom stereocenters. The Balaban J connectivity index is 1.51. The van der Waals surface area contributed by atoms with Crippen molar-refractivity contribution in [1.29, 1.82) is 0 Å². The summed E-state index contributed by atoms with van der Waals surface area (Å²) in [5, 5.41) is 0. The maximum absolute atomic E-state index is 13.2. The molecule has 1 aliphatic carbocycles. The van der Waals surface area contributed by atoms with Crippen molar-refractivity contribution in [1.82, 2.24) is 4.90 Å². The Morgan fingerprint density at radius 2 is 1.83 bits per heavy atom. The highest BCUT2D eigenvalue weighted by Crippen LogP contribution is 2.35. The van der Waals surface area contributed by atoms with E-state index in [0.29, 0.717) is 6.42 Å². The molecule has 0 amide bonds. The Morgan fingerprint density at radius 3 is 2.57 bits per heavy atom. The number of carbonyl (C=O) groups excluding carboxylic acids is 2. The molecule has 3 nitrogen and oxygen atoms in total. The van der Waals surface area contributed by atoms with E-state index < -0.39 is 0 Å². The molecule has 2 aromatic carbocycles. The van der Waals surface area contributed by atoms with Gasteiger partial charge in [0.15, 0.2) is 11.6 Å². The van der Waals surface area contributed by atoms with Crippen molar-refractivity contribution in [2.24, 2.45) is 11.8 Å². The summed E-state index contributed by atoms with van der Waals surface area (Å²) >= 11 is 0. The molecular weight excluding hydrogens is 370 g/mol. The monoisotopic (exact) mass is 399 g/mol. The van der Waals surface area contributed by atoms with Crippen molar-refractivity contribution in [3.8, 4) is 0 Å². The van der Waals surface area contributed by atoms with E-state index in [0.717, 1.165) is 30.5 Å². The molecule has 0 saturated carbocycles. The Hall–Kier alpha value is -2.94. The molecule has 0 spiro atoms. The van der Waals surface area contributed by atoms with Crippen LogP contribution >= 0.6 is 0 Å². The molecule has 4 rings (SSSR count). The number of aryl methyl sites for hydroxylation is 3. The van der Waals surface area contributed by atoms with Gasteiger partial charge in [-0.05, 0) is 68.4 Å². The van der Waals surface area contributed by atoms with E-state index in [-0.39, 0.29) is 23.4 Å². The number of fused-ring (bicyclic) bond motifs is 1. The van der Waals surface area contributed by atoms with Crippen molar-refractivity contribution in [2.75, 3.05) is 0 Å². The first-order chi connectivity index (χ1) is 14.4. The summed E-state index contributed by atoms with van der Waals surface area (Å²) in [7, 11) is 0. The summed E-state index contributed by atoms with van der Waals surface area (Å²) in [4.78, 5) is 27.7. The number of rotatable bonds is 5. The number of Topliss-reactive ketones (excluding diaryl/α,β-unsaturated/α-hetero) is 2. The molecule has 0 N–H and O–H groups in total. The van der Waals surface area contributed by atoms with Crippen LogP contribution in [0.25, 0.3) is 0 Å². The van der Waals surface area contributed by atoms with Gasteiger partial charge in [-0.1, -0.05) is 42.5 Å². The summed E-state index contributed by atoms with van der Waals surface area (Å²) in [5.74, 6) is 0.286. The van der Waals surface area contributed by atoms with Crippen LogP contribution in [-0.2, 0) is 17.8 Å². The van der Waals surface area contributed by atoms with E-state index in [1.807, 2.05) is 24.4 Å². The largest absolute Gasteiger partial charge is 0.350 e. The van der Waals surface area contributed by atoms with Gasteiger partial charge < -0.3 is 4.90 Å².